The molecule has 2 nitrogen and oxygen atoms in total. The van der Waals surface area contributed by atoms with Gasteiger partial charge in [0.05, 0.1) is 27.4 Å². The molecule has 0 radical (unpaired) electrons. The second-order valence-electron chi connectivity index (χ2n) is 4.33. The zero-order valence-corrected chi connectivity index (χ0v) is 13.8. The smallest absolute Gasteiger partial charge is 0.0991 e. The number of hydrogen-bond acceptors (Lipinski definition) is 2. The molecule has 2 aromatic carbocycles. The van der Waals surface area contributed by atoms with Crippen molar-refractivity contribution >= 4 is 44.8 Å². The van der Waals surface area contributed by atoms with Crippen LogP contribution in [-0.4, -0.2) is 0 Å². The van der Waals surface area contributed by atoms with Crippen molar-refractivity contribution in [2.45, 2.75) is 13.5 Å². The predicted molar refractivity (Wildman–Crippen MR) is 87.4 cm³/mol. The average Bonchev–Trinajstić information content (AvgIpc) is 2.45. The summed E-state index contributed by atoms with van der Waals surface area (Å²) in [6, 6.07) is 11.5. The zero-order chi connectivity index (χ0) is 14.7. The van der Waals surface area contributed by atoms with Crippen LogP contribution in [0.15, 0.2) is 34.8 Å². The molecule has 5 heteroatoms. The standard InChI is InChI=1S/C15H11BrCl2N2/c1-9-6-10(7-19)2-3-11(9)8-20-13-5-4-12(16)14(17)15(13)18/h2-6,20H,8H2,1H3. The number of aryl methyl sites for hydroxylation is 1. The molecule has 0 aliphatic rings. The predicted octanol–water partition coefficient (Wildman–Crippen LogP) is 5.55. The molecule has 0 atom stereocenters. The Kier molecular flexibility index (Phi) is 4.93. The summed E-state index contributed by atoms with van der Waals surface area (Å²) in [5, 5.41) is 13.1. The minimum absolute atomic E-state index is 0.493. The SMILES string of the molecule is Cc1cc(C#N)ccc1CNc1ccc(Br)c(Cl)c1Cl. The minimum Gasteiger partial charge on any atom is -0.380 e. The Labute approximate surface area is 136 Å². The summed E-state index contributed by atoms with van der Waals surface area (Å²) in [5.74, 6) is 0. The lowest BCUT2D eigenvalue weighted by atomic mass is 10.1. The van der Waals surface area contributed by atoms with E-state index in [0.29, 0.717) is 22.2 Å². The van der Waals surface area contributed by atoms with Crippen LogP contribution < -0.4 is 5.32 Å². The summed E-state index contributed by atoms with van der Waals surface area (Å²) < 4.78 is 0.768. The lowest BCUT2D eigenvalue weighted by molar-refractivity contribution is 1.12. The minimum atomic E-state index is 0.493. The highest BCUT2D eigenvalue weighted by Gasteiger charge is 2.08. The van der Waals surface area contributed by atoms with Crippen molar-refractivity contribution in [2.75, 3.05) is 5.32 Å². The van der Waals surface area contributed by atoms with Gasteiger partial charge in [-0.2, -0.15) is 5.26 Å². The molecule has 2 aromatic rings. The van der Waals surface area contributed by atoms with E-state index in [1.165, 1.54) is 0 Å². The lowest BCUT2D eigenvalue weighted by Crippen LogP contribution is -2.02. The van der Waals surface area contributed by atoms with E-state index >= 15 is 0 Å². The van der Waals surface area contributed by atoms with E-state index in [0.717, 1.165) is 21.3 Å². The summed E-state index contributed by atoms with van der Waals surface area (Å²) >= 11 is 15.6. The average molecular weight is 370 g/mol. The Morgan fingerprint density at radius 2 is 1.95 bits per heavy atom. The number of nitrogens with one attached hydrogen (secondary N) is 1. The number of nitrogens with zero attached hydrogens (tertiary/aromatic N) is 1. The Hall–Kier alpha value is -1.21. The number of benzene rings is 2. The van der Waals surface area contributed by atoms with Crippen molar-refractivity contribution in [2.24, 2.45) is 0 Å². The molecule has 0 aliphatic heterocycles. The molecule has 0 saturated heterocycles. The summed E-state index contributed by atoms with van der Waals surface area (Å²) in [5.41, 5.74) is 3.62. The van der Waals surface area contributed by atoms with Gasteiger partial charge in [-0.15, -0.1) is 0 Å². The molecule has 2 rings (SSSR count). The fourth-order valence-electron chi connectivity index (χ4n) is 1.82. The van der Waals surface area contributed by atoms with Crippen molar-refractivity contribution < 1.29 is 0 Å². The van der Waals surface area contributed by atoms with Crippen molar-refractivity contribution in [1.82, 2.24) is 0 Å². The molecule has 0 spiro atoms. The normalized spacial score (nSPS) is 10.2. The van der Waals surface area contributed by atoms with Crippen LogP contribution in [0.5, 0.6) is 0 Å². The first-order valence-corrected chi connectivity index (χ1v) is 7.45. The lowest BCUT2D eigenvalue weighted by Gasteiger charge is -2.12. The summed E-state index contributed by atoms with van der Waals surface area (Å²) in [4.78, 5) is 0. The van der Waals surface area contributed by atoms with Crippen molar-refractivity contribution in [3.63, 3.8) is 0 Å². The van der Waals surface area contributed by atoms with Crippen LogP contribution >= 0.6 is 39.1 Å². The quantitative estimate of drug-likeness (QED) is 0.720. The Bertz CT molecular complexity index is 693. The van der Waals surface area contributed by atoms with Crippen molar-refractivity contribution in [3.8, 4) is 6.07 Å². The van der Waals surface area contributed by atoms with Gasteiger partial charge >= 0.3 is 0 Å². The highest BCUT2D eigenvalue weighted by atomic mass is 79.9. The van der Waals surface area contributed by atoms with Gasteiger partial charge in [-0.3, -0.25) is 0 Å². The first-order chi connectivity index (χ1) is 9.52. The maximum absolute atomic E-state index is 8.85. The van der Waals surface area contributed by atoms with Gasteiger partial charge in [0.15, 0.2) is 0 Å². The van der Waals surface area contributed by atoms with E-state index in [2.05, 4.69) is 27.3 Å². The second-order valence-corrected chi connectivity index (χ2v) is 5.94. The molecule has 0 aromatic heterocycles. The largest absolute Gasteiger partial charge is 0.380 e. The van der Waals surface area contributed by atoms with Crippen LogP contribution in [0.1, 0.15) is 16.7 Å². The Morgan fingerprint density at radius 3 is 2.60 bits per heavy atom. The third kappa shape index (κ3) is 3.27. The summed E-state index contributed by atoms with van der Waals surface area (Å²) in [6.07, 6.45) is 0. The topological polar surface area (TPSA) is 35.8 Å². The maximum atomic E-state index is 8.85. The fourth-order valence-corrected chi connectivity index (χ4v) is 2.66. The highest BCUT2D eigenvalue weighted by molar-refractivity contribution is 9.10. The third-order valence-electron chi connectivity index (χ3n) is 2.98. The van der Waals surface area contributed by atoms with Gasteiger partial charge in [0.25, 0.3) is 0 Å². The molecule has 102 valence electrons. The monoisotopic (exact) mass is 368 g/mol. The van der Waals surface area contributed by atoms with Gasteiger partial charge in [0.2, 0.25) is 0 Å². The summed E-state index contributed by atoms with van der Waals surface area (Å²) in [6.45, 7) is 2.60. The molecule has 0 bridgehead atoms. The highest BCUT2D eigenvalue weighted by Crippen LogP contribution is 2.36. The van der Waals surface area contributed by atoms with Gasteiger partial charge in [-0.05, 0) is 58.2 Å². The number of hydrogen-bond donors (Lipinski definition) is 1. The molecule has 0 saturated carbocycles. The van der Waals surface area contributed by atoms with Gasteiger partial charge < -0.3 is 5.32 Å². The molecule has 0 fully saturated rings. The fraction of sp³-hybridized carbons (Fsp3) is 0.133. The molecular formula is C15H11BrCl2N2. The van der Waals surface area contributed by atoms with Crippen molar-refractivity contribution in [1.29, 1.82) is 5.26 Å². The number of nitriles is 1. The van der Waals surface area contributed by atoms with Crippen LogP contribution in [0.25, 0.3) is 0 Å². The molecule has 20 heavy (non-hydrogen) atoms. The molecular weight excluding hydrogens is 359 g/mol. The van der Waals surface area contributed by atoms with Crippen LogP contribution in [0, 0.1) is 18.3 Å². The van der Waals surface area contributed by atoms with E-state index < -0.39 is 0 Å². The summed E-state index contributed by atoms with van der Waals surface area (Å²) in [7, 11) is 0. The molecule has 1 N–H and O–H groups in total. The first-order valence-electron chi connectivity index (χ1n) is 5.90. The third-order valence-corrected chi connectivity index (χ3v) is 4.75. The second kappa shape index (κ2) is 6.49. The van der Waals surface area contributed by atoms with Crippen LogP contribution in [0.4, 0.5) is 5.69 Å². The molecule has 0 unspecified atom stereocenters. The van der Waals surface area contributed by atoms with E-state index in [9.17, 15) is 0 Å². The van der Waals surface area contributed by atoms with Gasteiger partial charge in [-0.1, -0.05) is 29.3 Å². The number of rotatable bonds is 3. The van der Waals surface area contributed by atoms with Crippen LogP contribution in [0.2, 0.25) is 10.0 Å². The van der Waals surface area contributed by atoms with E-state index in [4.69, 9.17) is 28.5 Å². The maximum Gasteiger partial charge on any atom is 0.0991 e. The first kappa shape index (κ1) is 15.2. The van der Waals surface area contributed by atoms with Crippen LogP contribution in [-0.2, 0) is 6.54 Å². The molecule has 0 aliphatic carbocycles. The van der Waals surface area contributed by atoms with Crippen molar-refractivity contribution in [3.05, 3.63) is 61.5 Å². The van der Waals surface area contributed by atoms with Crippen LogP contribution in [0.3, 0.4) is 0 Å². The zero-order valence-electron chi connectivity index (χ0n) is 10.7. The number of halogens is 3. The van der Waals surface area contributed by atoms with E-state index in [1.54, 1.807) is 6.07 Å². The Balaban J connectivity index is 2.18. The van der Waals surface area contributed by atoms with Gasteiger partial charge in [0, 0.05) is 11.0 Å². The van der Waals surface area contributed by atoms with Gasteiger partial charge in [-0.25, -0.2) is 0 Å². The van der Waals surface area contributed by atoms with Gasteiger partial charge in [0.1, 0.15) is 0 Å². The molecule has 0 heterocycles. The molecule has 0 amide bonds. The Morgan fingerprint density at radius 1 is 1.20 bits per heavy atom. The van der Waals surface area contributed by atoms with E-state index in [-0.39, 0.29) is 0 Å². The van der Waals surface area contributed by atoms with E-state index in [1.807, 2.05) is 31.2 Å². The number of anilines is 1.